The van der Waals surface area contributed by atoms with E-state index in [2.05, 4.69) is 16.8 Å². The van der Waals surface area contributed by atoms with E-state index >= 15 is 0 Å². The molecule has 0 fully saturated rings. The van der Waals surface area contributed by atoms with Crippen LogP contribution in [0.1, 0.15) is 5.56 Å². The molecular weight excluding hydrogens is 264 g/mol. The Morgan fingerprint density at radius 3 is 2.53 bits per heavy atom. The average molecular weight is 277 g/mol. The number of hydrogen-bond donors (Lipinski definition) is 0. The van der Waals surface area contributed by atoms with Crippen LogP contribution in [-0.4, -0.2) is 20.2 Å². The van der Waals surface area contributed by atoms with Gasteiger partial charge >= 0.3 is 5.97 Å². The molecule has 1 aromatic rings. The molecule has 0 bridgehead atoms. The highest BCUT2D eigenvalue weighted by atomic mass is 35.5. The minimum atomic E-state index is -0.425. The van der Waals surface area contributed by atoms with Crippen LogP contribution in [-0.2, 0) is 14.3 Å². The van der Waals surface area contributed by atoms with Gasteiger partial charge < -0.3 is 9.47 Å². The van der Waals surface area contributed by atoms with Crippen molar-refractivity contribution in [3.63, 3.8) is 0 Å². The Kier molecular flexibility index (Phi) is 6.28. The highest BCUT2D eigenvalue weighted by Crippen LogP contribution is 2.17. The van der Waals surface area contributed by atoms with Crippen molar-refractivity contribution in [1.82, 2.24) is 0 Å². The van der Waals surface area contributed by atoms with Gasteiger partial charge in [-0.1, -0.05) is 29.8 Å². The number of methoxy groups -OCH3 is 2. The van der Waals surface area contributed by atoms with E-state index in [0.29, 0.717) is 10.6 Å². The number of benzene rings is 1. The van der Waals surface area contributed by atoms with Crippen molar-refractivity contribution in [1.29, 1.82) is 0 Å². The Morgan fingerprint density at radius 2 is 1.95 bits per heavy atom. The number of allylic oxidation sites excluding steroid dienone is 3. The van der Waals surface area contributed by atoms with Gasteiger partial charge in [-0.3, -0.25) is 0 Å². The molecule has 0 aliphatic carbocycles. The maximum atomic E-state index is 11.0. The van der Waals surface area contributed by atoms with Gasteiger partial charge in [-0.15, -0.1) is 0 Å². The molecule has 0 radical (unpaired) electrons. The molecule has 1 rings (SSSR count). The maximum Gasteiger partial charge on any atom is 0.330 e. The van der Waals surface area contributed by atoms with Gasteiger partial charge in [0.15, 0.2) is 0 Å². The molecular formula is C15H13ClO3. The predicted octanol–water partition coefficient (Wildman–Crippen LogP) is 3.06. The van der Waals surface area contributed by atoms with E-state index in [4.69, 9.17) is 16.3 Å². The second kappa shape index (κ2) is 8.02. The van der Waals surface area contributed by atoms with E-state index in [-0.39, 0.29) is 0 Å². The van der Waals surface area contributed by atoms with Gasteiger partial charge in [-0.25, -0.2) is 4.79 Å². The van der Waals surface area contributed by atoms with Gasteiger partial charge in [-0.2, -0.15) is 0 Å². The Morgan fingerprint density at radius 1 is 1.26 bits per heavy atom. The first-order chi connectivity index (χ1) is 9.17. The summed E-state index contributed by atoms with van der Waals surface area (Å²) in [5, 5.41) is 0.646. The molecule has 0 atom stereocenters. The summed E-state index contributed by atoms with van der Waals surface area (Å²) in [5.41, 5.74) is 1.59. The van der Waals surface area contributed by atoms with Crippen LogP contribution in [0.4, 0.5) is 0 Å². The van der Waals surface area contributed by atoms with Crippen LogP contribution in [0, 0.1) is 12.0 Å². The molecule has 0 unspecified atom stereocenters. The van der Waals surface area contributed by atoms with Crippen LogP contribution in [0.5, 0.6) is 0 Å². The monoisotopic (exact) mass is 276 g/mol. The van der Waals surface area contributed by atoms with Crippen LogP contribution < -0.4 is 0 Å². The molecule has 0 saturated heterocycles. The molecule has 3 nitrogen and oxygen atoms in total. The highest BCUT2D eigenvalue weighted by Gasteiger charge is 1.98. The van der Waals surface area contributed by atoms with Gasteiger partial charge in [0.05, 0.1) is 14.2 Å². The molecule has 0 heterocycles. The van der Waals surface area contributed by atoms with Crippen LogP contribution in [0.2, 0.25) is 5.02 Å². The molecule has 4 heteroatoms. The van der Waals surface area contributed by atoms with Crippen molar-refractivity contribution in [3.05, 3.63) is 53.1 Å². The quantitative estimate of drug-likeness (QED) is 0.368. The first kappa shape index (κ1) is 14.9. The minimum absolute atomic E-state index is 0.425. The van der Waals surface area contributed by atoms with E-state index in [1.807, 2.05) is 12.1 Å². The molecule has 98 valence electrons. The van der Waals surface area contributed by atoms with Gasteiger partial charge in [-0.05, 0) is 29.7 Å². The van der Waals surface area contributed by atoms with Crippen LogP contribution in [0.25, 0.3) is 5.57 Å². The molecule has 19 heavy (non-hydrogen) atoms. The summed E-state index contributed by atoms with van der Waals surface area (Å²) in [4.78, 5) is 11.0. The third kappa shape index (κ3) is 5.33. The summed E-state index contributed by atoms with van der Waals surface area (Å²) >= 11 is 5.83. The van der Waals surface area contributed by atoms with E-state index in [9.17, 15) is 4.79 Å². The number of halogens is 1. The average Bonchev–Trinajstić information content (AvgIpc) is 2.43. The van der Waals surface area contributed by atoms with Crippen molar-refractivity contribution in [3.8, 4) is 12.0 Å². The van der Waals surface area contributed by atoms with Crippen molar-refractivity contribution in [2.75, 3.05) is 14.2 Å². The summed E-state index contributed by atoms with van der Waals surface area (Å²) in [6, 6.07) is 7.21. The summed E-state index contributed by atoms with van der Waals surface area (Å²) < 4.78 is 9.22. The highest BCUT2D eigenvalue weighted by molar-refractivity contribution is 6.30. The number of esters is 1. The molecule has 0 aromatic heterocycles. The van der Waals surface area contributed by atoms with Crippen LogP contribution >= 0.6 is 11.6 Å². The van der Waals surface area contributed by atoms with Gasteiger partial charge in [0.2, 0.25) is 0 Å². The van der Waals surface area contributed by atoms with Gasteiger partial charge in [0, 0.05) is 16.7 Å². The molecule has 0 aliphatic heterocycles. The zero-order chi connectivity index (χ0) is 14.1. The molecule has 0 amide bonds. The van der Waals surface area contributed by atoms with Crippen molar-refractivity contribution in [2.45, 2.75) is 0 Å². The summed E-state index contributed by atoms with van der Waals surface area (Å²) in [7, 11) is 2.80. The van der Waals surface area contributed by atoms with Crippen molar-refractivity contribution in [2.24, 2.45) is 0 Å². The van der Waals surface area contributed by atoms with Crippen molar-refractivity contribution >= 4 is 23.1 Å². The third-order valence-corrected chi connectivity index (χ3v) is 2.39. The number of carbonyl (C=O) groups excluding carboxylic acids is 1. The molecule has 0 saturated carbocycles. The van der Waals surface area contributed by atoms with Crippen LogP contribution in [0.15, 0.2) is 42.5 Å². The third-order valence-electron chi connectivity index (χ3n) is 2.14. The Labute approximate surface area is 117 Å². The van der Waals surface area contributed by atoms with Gasteiger partial charge in [0.25, 0.3) is 0 Å². The SMILES string of the molecule is COC#C/C(=C\C=C\C(=O)OC)c1ccc(Cl)cc1. The lowest BCUT2D eigenvalue weighted by molar-refractivity contribution is -0.134. The largest absolute Gasteiger partial charge is 0.466 e. The lowest BCUT2D eigenvalue weighted by atomic mass is 10.1. The van der Waals surface area contributed by atoms with E-state index in [1.54, 1.807) is 24.3 Å². The topological polar surface area (TPSA) is 35.5 Å². The first-order valence-corrected chi connectivity index (χ1v) is 5.81. The Bertz CT molecular complexity index is 545. The maximum absolute atomic E-state index is 11.0. The predicted molar refractivity (Wildman–Crippen MR) is 75.4 cm³/mol. The minimum Gasteiger partial charge on any atom is -0.466 e. The molecule has 0 spiro atoms. The summed E-state index contributed by atoms with van der Waals surface area (Å²) in [5.74, 6) is 2.41. The van der Waals surface area contributed by atoms with E-state index in [1.165, 1.54) is 20.3 Å². The number of ether oxygens (including phenoxy) is 2. The lowest BCUT2D eigenvalue weighted by Gasteiger charge is -1.99. The zero-order valence-corrected chi connectivity index (χ0v) is 11.4. The Hall–Kier alpha value is -2.18. The lowest BCUT2D eigenvalue weighted by Crippen LogP contribution is -1.92. The number of rotatable bonds is 3. The van der Waals surface area contributed by atoms with E-state index < -0.39 is 5.97 Å². The van der Waals surface area contributed by atoms with Gasteiger partial charge in [0.1, 0.15) is 6.11 Å². The second-order valence-electron chi connectivity index (χ2n) is 3.40. The normalized spacial score (nSPS) is 10.8. The second-order valence-corrected chi connectivity index (χ2v) is 3.84. The Balaban J connectivity index is 3.01. The summed E-state index contributed by atoms with van der Waals surface area (Å²) in [6.45, 7) is 0. The zero-order valence-electron chi connectivity index (χ0n) is 10.6. The fourth-order valence-electron chi connectivity index (χ4n) is 1.24. The molecule has 0 N–H and O–H groups in total. The first-order valence-electron chi connectivity index (χ1n) is 5.43. The number of hydrogen-bond acceptors (Lipinski definition) is 3. The van der Waals surface area contributed by atoms with Crippen molar-refractivity contribution < 1.29 is 14.3 Å². The standard InChI is InChI=1S/C15H13ClO3/c1-18-11-10-12(4-3-5-15(17)19-2)13-6-8-14(16)9-7-13/h3-9H,1-2H3/b5-3+,12-4+. The fraction of sp³-hybridized carbons (Fsp3) is 0.133. The molecule has 0 aliphatic rings. The number of carbonyl (C=O) groups is 1. The van der Waals surface area contributed by atoms with Crippen LogP contribution in [0.3, 0.4) is 0 Å². The fourth-order valence-corrected chi connectivity index (χ4v) is 1.36. The smallest absolute Gasteiger partial charge is 0.330 e. The summed E-state index contributed by atoms with van der Waals surface area (Å²) in [6.07, 6.45) is 7.09. The molecule has 1 aromatic carbocycles. The van der Waals surface area contributed by atoms with E-state index in [0.717, 1.165) is 5.56 Å².